The number of carboxylic acid groups (broad SMARTS) is 1. The Balaban J connectivity index is 2.45. The fraction of sp³-hybridized carbons (Fsp3) is 0.500. The lowest BCUT2D eigenvalue weighted by atomic mass is 10.2. The number of hydrogen-bond donors (Lipinski definition) is 2. The van der Waals surface area contributed by atoms with E-state index < -0.39 is 17.9 Å². The number of carbonyl (C=O) groups is 1. The third kappa shape index (κ3) is 6.52. The molecule has 2 N–H and O–H groups in total. The van der Waals surface area contributed by atoms with Crippen LogP contribution < -0.4 is 4.74 Å². The SMILES string of the molecule is COCC(C)OCC(O)COc1cc(F)cc(C(=O)O)c1. The maximum absolute atomic E-state index is 13.2. The molecule has 6 nitrogen and oxygen atoms in total. The molecular weight excluding hydrogens is 283 g/mol. The summed E-state index contributed by atoms with van der Waals surface area (Å²) < 4.78 is 28.5. The molecule has 0 aliphatic rings. The monoisotopic (exact) mass is 302 g/mol. The van der Waals surface area contributed by atoms with E-state index in [1.165, 1.54) is 6.07 Å². The van der Waals surface area contributed by atoms with Gasteiger partial charge >= 0.3 is 5.97 Å². The molecule has 0 spiro atoms. The first-order valence-electron chi connectivity index (χ1n) is 6.37. The van der Waals surface area contributed by atoms with Crippen LogP contribution in [0, 0.1) is 5.82 Å². The summed E-state index contributed by atoms with van der Waals surface area (Å²) >= 11 is 0. The number of halogens is 1. The average molecular weight is 302 g/mol. The predicted octanol–water partition coefficient (Wildman–Crippen LogP) is 1.32. The van der Waals surface area contributed by atoms with Crippen LogP contribution >= 0.6 is 0 Å². The van der Waals surface area contributed by atoms with Crippen molar-refractivity contribution in [1.29, 1.82) is 0 Å². The summed E-state index contributed by atoms with van der Waals surface area (Å²) in [7, 11) is 1.55. The second kappa shape index (κ2) is 8.56. The Bertz CT molecular complexity index is 465. The summed E-state index contributed by atoms with van der Waals surface area (Å²) in [5.41, 5.74) is -0.218. The highest BCUT2D eigenvalue weighted by Gasteiger charge is 2.11. The van der Waals surface area contributed by atoms with E-state index in [1.807, 2.05) is 0 Å². The van der Waals surface area contributed by atoms with E-state index in [1.54, 1.807) is 14.0 Å². The lowest BCUT2D eigenvalue weighted by Crippen LogP contribution is -2.27. The van der Waals surface area contributed by atoms with Gasteiger partial charge in [-0.3, -0.25) is 0 Å². The normalized spacial score (nSPS) is 13.7. The van der Waals surface area contributed by atoms with Crippen LogP contribution in [0.4, 0.5) is 4.39 Å². The molecule has 0 saturated carbocycles. The van der Waals surface area contributed by atoms with Crippen LogP contribution in [0.5, 0.6) is 5.75 Å². The van der Waals surface area contributed by atoms with Crippen molar-refractivity contribution in [3.05, 3.63) is 29.6 Å². The fourth-order valence-corrected chi connectivity index (χ4v) is 1.57. The van der Waals surface area contributed by atoms with Crippen molar-refractivity contribution in [1.82, 2.24) is 0 Å². The second-order valence-electron chi connectivity index (χ2n) is 4.54. The molecule has 0 saturated heterocycles. The van der Waals surface area contributed by atoms with Gasteiger partial charge in [-0.25, -0.2) is 9.18 Å². The first kappa shape index (κ1) is 17.4. The Morgan fingerprint density at radius 2 is 2.00 bits per heavy atom. The molecule has 0 bridgehead atoms. The molecule has 2 atom stereocenters. The van der Waals surface area contributed by atoms with Crippen molar-refractivity contribution < 1.29 is 33.6 Å². The van der Waals surface area contributed by atoms with Crippen LogP contribution in [-0.2, 0) is 9.47 Å². The van der Waals surface area contributed by atoms with Crippen LogP contribution in [0.3, 0.4) is 0 Å². The topological polar surface area (TPSA) is 85.2 Å². The molecule has 0 aliphatic carbocycles. The van der Waals surface area contributed by atoms with E-state index in [9.17, 15) is 14.3 Å². The molecule has 0 aromatic heterocycles. The number of aliphatic hydroxyl groups excluding tert-OH is 1. The van der Waals surface area contributed by atoms with Gasteiger partial charge in [0.1, 0.15) is 24.3 Å². The minimum absolute atomic E-state index is 0.0334. The number of hydrogen-bond acceptors (Lipinski definition) is 5. The molecule has 7 heteroatoms. The van der Waals surface area contributed by atoms with E-state index >= 15 is 0 Å². The summed E-state index contributed by atoms with van der Waals surface area (Å²) in [5.74, 6) is -1.93. The Hall–Kier alpha value is -1.70. The Labute approximate surface area is 122 Å². The zero-order chi connectivity index (χ0) is 15.8. The Kier molecular flexibility index (Phi) is 7.07. The third-order valence-electron chi connectivity index (χ3n) is 2.54. The largest absolute Gasteiger partial charge is 0.491 e. The number of methoxy groups -OCH3 is 1. The molecule has 1 aromatic rings. The highest BCUT2D eigenvalue weighted by Crippen LogP contribution is 2.16. The standard InChI is InChI=1S/C14H19FO6/c1-9(6-19-2)20-7-12(16)8-21-13-4-10(14(17)18)3-11(15)5-13/h3-5,9,12,16H,6-8H2,1-2H3,(H,17,18). The maximum Gasteiger partial charge on any atom is 0.335 e. The van der Waals surface area contributed by atoms with E-state index in [0.29, 0.717) is 6.61 Å². The minimum atomic E-state index is -1.25. The molecule has 2 unspecified atom stereocenters. The van der Waals surface area contributed by atoms with Crippen LogP contribution in [-0.4, -0.2) is 55.3 Å². The van der Waals surface area contributed by atoms with Gasteiger partial charge in [-0.2, -0.15) is 0 Å². The number of carboxylic acids is 1. The van der Waals surface area contributed by atoms with Crippen LogP contribution in [0.15, 0.2) is 18.2 Å². The summed E-state index contributed by atoms with van der Waals surface area (Å²) in [6.07, 6.45) is -1.08. The smallest absolute Gasteiger partial charge is 0.335 e. The third-order valence-corrected chi connectivity index (χ3v) is 2.54. The van der Waals surface area contributed by atoms with Crippen LogP contribution in [0.2, 0.25) is 0 Å². The zero-order valence-electron chi connectivity index (χ0n) is 11.9. The molecule has 1 rings (SSSR count). The highest BCUT2D eigenvalue weighted by atomic mass is 19.1. The van der Waals surface area contributed by atoms with Gasteiger partial charge in [0.05, 0.1) is 24.9 Å². The van der Waals surface area contributed by atoms with Crippen LogP contribution in [0.1, 0.15) is 17.3 Å². The Morgan fingerprint density at radius 1 is 1.29 bits per heavy atom. The number of benzene rings is 1. The quantitative estimate of drug-likeness (QED) is 0.715. The molecule has 0 heterocycles. The average Bonchev–Trinajstić information content (AvgIpc) is 2.42. The van der Waals surface area contributed by atoms with Crippen molar-refractivity contribution in [3.8, 4) is 5.75 Å². The molecule has 118 valence electrons. The molecule has 21 heavy (non-hydrogen) atoms. The Morgan fingerprint density at radius 3 is 2.62 bits per heavy atom. The fourth-order valence-electron chi connectivity index (χ4n) is 1.57. The van der Waals surface area contributed by atoms with Crippen LogP contribution in [0.25, 0.3) is 0 Å². The molecule has 0 fully saturated rings. The lowest BCUT2D eigenvalue weighted by Gasteiger charge is -2.16. The molecule has 0 aliphatic heterocycles. The molecule has 0 amide bonds. The van der Waals surface area contributed by atoms with Gasteiger partial charge < -0.3 is 24.4 Å². The van der Waals surface area contributed by atoms with Gasteiger partial charge in [0.25, 0.3) is 0 Å². The zero-order valence-corrected chi connectivity index (χ0v) is 11.9. The van der Waals surface area contributed by atoms with Gasteiger partial charge in [-0.15, -0.1) is 0 Å². The number of aliphatic hydroxyl groups is 1. The number of rotatable bonds is 9. The van der Waals surface area contributed by atoms with Gasteiger partial charge in [-0.1, -0.05) is 0 Å². The lowest BCUT2D eigenvalue weighted by molar-refractivity contribution is -0.0423. The molecular formula is C14H19FO6. The predicted molar refractivity (Wildman–Crippen MR) is 72.2 cm³/mol. The number of aromatic carboxylic acids is 1. The molecule has 1 aromatic carbocycles. The van der Waals surface area contributed by atoms with Gasteiger partial charge in [-0.05, 0) is 19.1 Å². The summed E-state index contributed by atoms with van der Waals surface area (Å²) in [6.45, 7) is 2.09. The van der Waals surface area contributed by atoms with Gasteiger partial charge in [0.15, 0.2) is 0 Å². The van der Waals surface area contributed by atoms with Crippen molar-refractivity contribution in [3.63, 3.8) is 0 Å². The van der Waals surface area contributed by atoms with Crippen molar-refractivity contribution in [2.75, 3.05) is 26.9 Å². The van der Waals surface area contributed by atoms with Gasteiger partial charge in [0, 0.05) is 13.2 Å². The van der Waals surface area contributed by atoms with E-state index in [0.717, 1.165) is 12.1 Å². The molecule has 0 radical (unpaired) electrons. The highest BCUT2D eigenvalue weighted by molar-refractivity contribution is 5.88. The van der Waals surface area contributed by atoms with Crippen molar-refractivity contribution in [2.24, 2.45) is 0 Å². The van der Waals surface area contributed by atoms with Crippen molar-refractivity contribution in [2.45, 2.75) is 19.1 Å². The van der Waals surface area contributed by atoms with E-state index in [-0.39, 0.29) is 30.6 Å². The van der Waals surface area contributed by atoms with Crippen molar-refractivity contribution >= 4 is 5.97 Å². The van der Waals surface area contributed by atoms with E-state index in [2.05, 4.69) is 0 Å². The number of ether oxygens (including phenoxy) is 3. The summed E-state index contributed by atoms with van der Waals surface area (Å²) in [5, 5.41) is 18.5. The maximum atomic E-state index is 13.2. The first-order chi connectivity index (χ1) is 9.92. The minimum Gasteiger partial charge on any atom is -0.491 e. The summed E-state index contributed by atoms with van der Waals surface area (Å²) in [4.78, 5) is 10.8. The first-order valence-corrected chi connectivity index (χ1v) is 6.37. The van der Waals surface area contributed by atoms with E-state index in [4.69, 9.17) is 19.3 Å². The summed E-state index contributed by atoms with van der Waals surface area (Å²) in [6, 6.07) is 3.13. The van der Waals surface area contributed by atoms with Gasteiger partial charge in [0.2, 0.25) is 0 Å². The second-order valence-corrected chi connectivity index (χ2v) is 4.54.